The van der Waals surface area contributed by atoms with Crippen LogP contribution >= 0.6 is 0 Å². The van der Waals surface area contributed by atoms with Crippen LogP contribution in [0.5, 0.6) is 0 Å². The van der Waals surface area contributed by atoms with Gasteiger partial charge in [0.05, 0.1) is 13.2 Å². The van der Waals surface area contributed by atoms with Crippen LogP contribution in [0, 0.1) is 0 Å². The first-order chi connectivity index (χ1) is 17.6. The van der Waals surface area contributed by atoms with E-state index in [9.17, 15) is 8.42 Å². The lowest BCUT2D eigenvalue weighted by Crippen LogP contribution is -2.66. The zero-order chi connectivity index (χ0) is 27.5. The number of methoxy groups -OCH3 is 2. The highest BCUT2D eigenvalue weighted by Gasteiger charge is 2.57. The first kappa shape index (κ1) is 32.8. The van der Waals surface area contributed by atoms with Crippen LogP contribution in [0.3, 0.4) is 0 Å². The van der Waals surface area contributed by atoms with Gasteiger partial charge in [0.2, 0.25) is 11.6 Å². The van der Waals surface area contributed by atoms with Gasteiger partial charge in [0.25, 0.3) is 0 Å². The summed E-state index contributed by atoms with van der Waals surface area (Å²) in [7, 11) is -1.21. The Labute approximate surface area is 223 Å². The predicted molar refractivity (Wildman–Crippen MR) is 135 cm³/mol. The highest BCUT2D eigenvalue weighted by Crippen LogP contribution is 2.39. The minimum atomic E-state index is -4.24. The van der Waals surface area contributed by atoms with Gasteiger partial charge in [-0.15, -0.1) is 0 Å². The number of rotatable bonds is 17. The van der Waals surface area contributed by atoms with E-state index in [1.807, 2.05) is 6.92 Å². The van der Waals surface area contributed by atoms with E-state index < -0.39 is 52.5 Å². The maximum atomic E-state index is 12.4. The number of hydrogen-bond acceptors (Lipinski definition) is 11. The zero-order valence-electron chi connectivity index (χ0n) is 23.6. The molecule has 12 heteroatoms. The van der Waals surface area contributed by atoms with Crippen molar-refractivity contribution in [3.63, 3.8) is 0 Å². The van der Waals surface area contributed by atoms with Crippen LogP contribution in [0.1, 0.15) is 73.1 Å². The van der Waals surface area contributed by atoms with Gasteiger partial charge in [0, 0.05) is 34.0 Å². The van der Waals surface area contributed by atoms with E-state index in [1.165, 1.54) is 14.2 Å². The Morgan fingerprint density at radius 2 is 1.41 bits per heavy atom. The molecule has 2 unspecified atom stereocenters. The average molecular weight is 557 g/mol. The van der Waals surface area contributed by atoms with Crippen molar-refractivity contribution in [2.45, 2.75) is 115 Å². The van der Waals surface area contributed by atoms with Gasteiger partial charge in [-0.05, 0) is 33.1 Å². The molecule has 7 atom stereocenters. The summed E-state index contributed by atoms with van der Waals surface area (Å²) >= 11 is 0. The summed E-state index contributed by atoms with van der Waals surface area (Å²) < 4.78 is 77.8. The Balaban J connectivity index is 2.43. The van der Waals surface area contributed by atoms with Gasteiger partial charge in [-0.2, -0.15) is 8.42 Å². The fourth-order valence-electron chi connectivity index (χ4n) is 4.22. The first-order valence-electron chi connectivity index (χ1n) is 13.4. The molecule has 0 N–H and O–H groups in total. The van der Waals surface area contributed by atoms with Crippen molar-refractivity contribution in [2.24, 2.45) is 0 Å². The predicted octanol–water partition coefficient (Wildman–Crippen LogP) is 3.34. The Bertz CT molecular complexity index is 751. The van der Waals surface area contributed by atoms with E-state index in [-0.39, 0.29) is 13.2 Å². The summed E-state index contributed by atoms with van der Waals surface area (Å²) in [6, 6.07) is 0. The SMILES string of the molecule is CCCCO[C@H]([C@H](OCCCC)[C@@H]1COC(C)(OC)C(C)(OC)O1)[C@@H]1OS(=O)(=O)OC[C@H]1OCCCC. The molecule has 2 aliphatic heterocycles. The topological polar surface area (TPSA) is 117 Å². The summed E-state index contributed by atoms with van der Waals surface area (Å²) in [4.78, 5) is 0. The van der Waals surface area contributed by atoms with Crippen molar-refractivity contribution in [2.75, 3.05) is 47.3 Å². The molecule has 2 aliphatic rings. The molecule has 0 saturated carbocycles. The highest BCUT2D eigenvalue weighted by atomic mass is 32.3. The van der Waals surface area contributed by atoms with E-state index in [1.54, 1.807) is 13.8 Å². The standard InChI is InChI=1S/C25H48O11S/c1-8-11-14-30-19-18-34-37(26,27)36-22(19)23(32-16-13-10-3)21(31-15-12-9-2)20-17-33-24(4,28-6)25(5,29-7)35-20/h19-23H,8-18H2,1-7H3/t19-,20+,21-,22-,23-,24?,25?/m1/s1. The molecule has 2 saturated heterocycles. The molecular weight excluding hydrogens is 508 g/mol. The average Bonchev–Trinajstić information content (AvgIpc) is 2.88. The number of unbranched alkanes of at least 4 members (excludes halogenated alkanes) is 3. The normalized spacial score (nSPS) is 33.8. The molecule has 0 spiro atoms. The third kappa shape index (κ3) is 8.79. The second-order valence-corrected chi connectivity index (χ2v) is 10.9. The first-order valence-corrected chi connectivity index (χ1v) is 14.8. The van der Waals surface area contributed by atoms with Crippen LogP contribution in [-0.2, 0) is 51.9 Å². The molecule has 2 fully saturated rings. The minimum Gasteiger partial charge on any atom is -0.373 e. The molecule has 220 valence electrons. The van der Waals surface area contributed by atoms with Crippen LogP contribution in [0.2, 0.25) is 0 Å². The minimum absolute atomic E-state index is 0.102. The van der Waals surface area contributed by atoms with Crippen LogP contribution in [0.25, 0.3) is 0 Å². The van der Waals surface area contributed by atoms with Crippen molar-refractivity contribution >= 4 is 10.4 Å². The Morgan fingerprint density at radius 3 is 1.97 bits per heavy atom. The summed E-state index contributed by atoms with van der Waals surface area (Å²) in [6.07, 6.45) is 1.16. The van der Waals surface area contributed by atoms with Crippen molar-refractivity contribution in [3.05, 3.63) is 0 Å². The van der Waals surface area contributed by atoms with E-state index in [2.05, 4.69) is 13.8 Å². The van der Waals surface area contributed by atoms with Crippen molar-refractivity contribution < 1.29 is 49.9 Å². The van der Waals surface area contributed by atoms with Gasteiger partial charge in [0.15, 0.2) is 0 Å². The van der Waals surface area contributed by atoms with Gasteiger partial charge in [-0.3, -0.25) is 0 Å². The molecule has 2 rings (SSSR count). The van der Waals surface area contributed by atoms with Crippen LogP contribution in [-0.4, -0.2) is 97.8 Å². The molecule has 0 bridgehead atoms. The second kappa shape index (κ2) is 15.4. The Morgan fingerprint density at radius 1 is 0.838 bits per heavy atom. The molecule has 0 amide bonds. The van der Waals surface area contributed by atoms with Gasteiger partial charge in [-0.1, -0.05) is 40.0 Å². The number of hydrogen-bond donors (Lipinski definition) is 0. The lowest BCUT2D eigenvalue weighted by molar-refractivity contribution is -0.440. The van der Waals surface area contributed by atoms with Crippen LogP contribution in [0.15, 0.2) is 0 Å². The monoisotopic (exact) mass is 556 g/mol. The van der Waals surface area contributed by atoms with Crippen LogP contribution in [0.4, 0.5) is 0 Å². The third-order valence-electron chi connectivity index (χ3n) is 6.94. The third-order valence-corrected chi connectivity index (χ3v) is 7.82. The fraction of sp³-hybridized carbons (Fsp3) is 1.00. The Hall–Kier alpha value is -0.410. The lowest BCUT2D eigenvalue weighted by Gasteiger charge is -2.51. The van der Waals surface area contributed by atoms with Crippen LogP contribution < -0.4 is 0 Å². The summed E-state index contributed by atoms with van der Waals surface area (Å²) in [6.45, 7) is 10.8. The molecule has 0 radical (unpaired) electrons. The molecular formula is C25H48O11S. The quantitative estimate of drug-likeness (QED) is 0.246. The highest BCUT2D eigenvalue weighted by molar-refractivity contribution is 7.81. The molecule has 0 aromatic rings. The molecule has 2 heterocycles. The van der Waals surface area contributed by atoms with Gasteiger partial charge in [-0.25, -0.2) is 8.37 Å². The summed E-state index contributed by atoms with van der Waals surface area (Å²) in [5.41, 5.74) is 0. The van der Waals surface area contributed by atoms with E-state index >= 15 is 0 Å². The summed E-state index contributed by atoms with van der Waals surface area (Å²) in [5.74, 6) is -2.44. The van der Waals surface area contributed by atoms with Gasteiger partial charge in [0.1, 0.15) is 30.5 Å². The largest absolute Gasteiger partial charge is 0.400 e. The van der Waals surface area contributed by atoms with E-state index in [4.69, 9.17) is 41.5 Å². The van der Waals surface area contributed by atoms with Crippen molar-refractivity contribution in [1.29, 1.82) is 0 Å². The lowest BCUT2D eigenvalue weighted by atomic mass is 9.96. The molecule has 0 aromatic carbocycles. The number of ether oxygens (including phenoxy) is 7. The smallest absolute Gasteiger partial charge is 0.373 e. The molecule has 11 nitrogen and oxygen atoms in total. The van der Waals surface area contributed by atoms with Crippen molar-refractivity contribution in [3.8, 4) is 0 Å². The summed E-state index contributed by atoms with van der Waals surface area (Å²) in [5, 5.41) is 0. The second-order valence-electron chi connectivity index (χ2n) is 9.66. The molecule has 0 aliphatic carbocycles. The molecule has 0 aromatic heterocycles. The maximum Gasteiger partial charge on any atom is 0.400 e. The maximum absolute atomic E-state index is 12.4. The zero-order valence-corrected chi connectivity index (χ0v) is 24.4. The van der Waals surface area contributed by atoms with Gasteiger partial charge >= 0.3 is 10.4 Å². The van der Waals surface area contributed by atoms with Gasteiger partial charge < -0.3 is 33.2 Å². The van der Waals surface area contributed by atoms with E-state index in [0.717, 1.165) is 38.5 Å². The molecule has 37 heavy (non-hydrogen) atoms. The fourth-order valence-corrected chi connectivity index (χ4v) is 5.08. The van der Waals surface area contributed by atoms with Crippen molar-refractivity contribution in [1.82, 2.24) is 0 Å². The Kier molecular flexibility index (Phi) is 13.6. The van der Waals surface area contributed by atoms with E-state index in [0.29, 0.717) is 19.8 Å².